The number of rotatable bonds is 4. The Morgan fingerprint density at radius 3 is 2.23 bits per heavy atom. The summed E-state index contributed by atoms with van der Waals surface area (Å²) in [5.74, 6) is 0.0937. The number of carbonyl (C=O) groups is 2. The first-order valence-corrected chi connectivity index (χ1v) is 9.27. The van der Waals surface area contributed by atoms with Crippen molar-refractivity contribution >= 4 is 17.5 Å². The van der Waals surface area contributed by atoms with E-state index in [0.717, 1.165) is 23.2 Å². The number of aryl methyl sites for hydroxylation is 1. The first kappa shape index (κ1) is 18.2. The first-order chi connectivity index (χ1) is 12.6. The minimum absolute atomic E-state index is 0.0211. The summed E-state index contributed by atoms with van der Waals surface area (Å²) in [7, 11) is 0. The molecule has 0 spiro atoms. The van der Waals surface area contributed by atoms with Crippen LogP contribution in [0.3, 0.4) is 0 Å². The van der Waals surface area contributed by atoms with E-state index in [1.807, 2.05) is 59.5 Å². The Bertz CT molecular complexity index is 778. The zero-order chi connectivity index (χ0) is 18.6. The molecular formula is C22H26N2O2. The number of para-hydroxylation sites is 1. The molecule has 1 N–H and O–H groups in total. The fraction of sp³-hybridized carbons (Fsp3) is 0.364. The monoisotopic (exact) mass is 350 g/mol. The summed E-state index contributed by atoms with van der Waals surface area (Å²) >= 11 is 0. The van der Waals surface area contributed by atoms with Gasteiger partial charge < -0.3 is 10.2 Å². The topological polar surface area (TPSA) is 49.4 Å². The zero-order valence-corrected chi connectivity index (χ0v) is 15.5. The lowest BCUT2D eigenvalue weighted by molar-refractivity contribution is -0.133. The molecule has 4 nitrogen and oxygen atoms in total. The van der Waals surface area contributed by atoms with Gasteiger partial charge in [0.15, 0.2) is 0 Å². The minimum Gasteiger partial charge on any atom is -0.343 e. The number of amides is 2. The third-order valence-electron chi connectivity index (χ3n) is 5.47. The molecule has 2 aromatic rings. The summed E-state index contributed by atoms with van der Waals surface area (Å²) in [6.07, 6.45) is 2.14. The van der Waals surface area contributed by atoms with Crippen molar-refractivity contribution < 1.29 is 9.59 Å². The number of nitrogens with zero attached hydrogens (tertiary/aromatic N) is 1. The molecule has 26 heavy (non-hydrogen) atoms. The van der Waals surface area contributed by atoms with Crippen molar-refractivity contribution in [2.24, 2.45) is 0 Å². The number of piperidine rings is 1. The van der Waals surface area contributed by atoms with Crippen LogP contribution < -0.4 is 5.32 Å². The van der Waals surface area contributed by atoms with Gasteiger partial charge in [-0.3, -0.25) is 9.59 Å². The second-order valence-corrected chi connectivity index (χ2v) is 6.92. The van der Waals surface area contributed by atoms with Gasteiger partial charge in [0.25, 0.3) is 0 Å². The summed E-state index contributed by atoms with van der Waals surface area (Å²) in [6, 6.07) is 17.9. The highest BCUT2D eigenvalue weighted by Crippen LogP contribution is 2.37. The lowest BCUT2D eigenvalue weighted by atomic mass is 9.72. The molecule has 1 aliphatic heterocycles. The van der Waals surface area contributed by atoms with Crippen molar-refractivity contribution in [1.29, 1.82) is 0 Å². The van der Waals surface area contributed by atoms with E-state index >= 15 is 0 Å². The van der Waals surface area contributed by atoms with Crippen molar-refractivity contribution in [3.05, 3.63) is 65.7 Å². The predicted octanol–water partition coefficient (Wildman–Crippen LogP) is 3.77. The van der Waals surface area contributed by atoms with E-state index < -0.39 is 5.41 Å². The number of hydrogen-bond acceptors (Lipinski definition) is 2. The van der Waals surface area contributed by atoms with Crippen LogP contribution in [0.2, 0.25) is 0 Å². The van der Waals surface area contributed by atoms with Gasteiger partial charge in [-0.05, 0) is 36.5 Å². The Morgan fingerprint density at radius 1 is 1.00 bits per heavy atom. The summed E-state index contributed by atoms with van der Waals surface area (Å²) in [6.45, 7) is 4.89. The van der Waals surface area contributed by atoms with E-state index in [9.17, 15) is 9.59 Å². The molecule has 4 heteroatoms. The minimum atomic E-state index is -0.603. The van der Waals surface area contributed by atoms with Crippen LogP contribution in [0.15, 0.2) is 54.6 Å². The Hall–Kier alpha value is -2.62. The highest BCUT2D eigenvalue weighted by molar-refractivity contribution is 6.00. The van der Waals surface area contributed by atoms with Crippen LogP contribution >= 0.6 is 0 Å². The van der Waals surface area contributed by atoms with Gasteiger partial charge in [-0.25, -0.2) is 0 Å². The smallest absolute Gasteiger partial charge is 0.235 e. The third-order valence-corrected chi connectivity index (χ3v) is 5.47. The lowest BCUT2D eigenvalue weighted by Gasteiger charge is -2.41. The number of benzene rings is 2. The van der Waals surface area contributed by atoms with E-state index in [-0.39, 0.29) is 11.8 Å². The van der Waals surface area contributed by atoms with Crippen LogP contribution in [0.4, 0.5) is 5.69 Å². The molecule has 2 aromatic carbocycles. The van der Waals surface area contributed by atoms with Crippen molar-refractivity contribution in [3.63, 3.8) is 0 Å². The Kier molecular flexibility index (Phi) is 5.40. The molecule has 1 saturated heterocycles. The fourth-order valence-electron chi connectivity index (χ4n) is 3.80. The van der Waals surface area contributed by atoms with Crippen LogP contribution in [0.5, 0.6) is 0 Å². The number of nitrogens with one attached hydrogen (secondary N) is 1. The quantitative estimate of drug-likeness (QED) is 0.912. The predicted molar refractivity (Wildman–Crippen MR) is 104 cm³/mol. The van der Waals surface area contributed by atoms with E-state index in [1.54, 1.807) is 6.92 Å². The third kappa shape index (κ3) is 3.50. The molecule has 3 rings (SSSR count). The molecule has 0 saturated carbocycles. The van der Waals surface area contributed by atoms with E-state index in [1.165, 1.54) is 0 Å². The van der Waals surface area contributed by atoms with Crippen molar-refractivity contribution in [1.82, 2.24) is 4.90 Å². The largest absolute Gasteiger partial charge is 0.343 e. The zero-order valence-electron chi connectivity index (χ0n) is 15.5. The van der Waals surface area contributed by atoms with Crippen molar-refractivity contribution in [3.8, 4) is 0 Å². The average Bonchev–Trinajstić information content (AvgIpc) is 2.69. The molecule has 2 amide bonds. The molecule has 0 bridgehead atoms. The number of likely N-dealkylation sites (tertiary alicyclic amines) is 1. The standard InChI is InChI=1S/C22H26N2O2/c1-3-18-9-7-8-12-20(18)23-21(26)22(19-10-5-4-6-11-19)13-15-24(16-14-22)17(2)25/h4-12H,3,13-16H2,1-2H3,(H,23,26). The van der Waals surface area contributed by atoms with Gasteiger partial charge in [0, 0.05) is 25.7 Å². The molecular weight excluding hydrogens is 324 g/mol. The molecule has 1 fully saturated rings. The normalized spacial score (nSPS) is 16.2. The maximum absolute atomic E-state index is 13.4. The fourth-order valence-corrected chi connectivity index (χ4v) is 3.80. The van der Waals surface area contributed by atoms with Crippen LogP contribution in [-0.2, 0) is 21.4 Å². The Balaban J connectivity index is 1.91. The van der Waals surface area contributed by atoms with Crippen LogP contribution in [0.1, 0.15) is 37.8 Å². The van der Waals surface area contributed by atoms with Gasteiger partial charge >= 0.3 is 0 Å². The van der Waals surface area contributed by atoms with Gasteiger partial charge in [0.1, 0.15) is 0 Å². The number of hydrogen-bond donors (Lipinski definition) is 1. The molecule has 0 aromatic heterocycles. The summed E-state index contributed by atoms with van der Waals surface area (Å²) in [5.41, 5.74) is 2.43. The second kappa shape index (κ2) is 7.73. The molecule has 0 aliphatic carbocycles. The summed E-state index contributed by atoms with van der Waals surface area (Å²) < 4.78 is 0. The van der Waals surface area contributed by atoms with Gasteiger partial charge in [-0.2, -0.15) is 0 Å². The van der Waals surface area contributed by atoms with Crippen LogP contribution in [0, 0.1) is 0 Å². The Morgan fingerprint density at radius 2 is 1.62 bits per heavy atom. The molecule has 0 radical (unpaired) electrons. The van der Waals surface area contributed by atoms with E-state index in [0.29, 0.717) is 25.9 Å². The van der Waals surface area contributed by atoms with Crippen LogP contribution in [0.25, 0.3) is 0 Å². The van der Waals surface area contributed by atoms with Crippen molar-refractivity contribution in [2.75, 3.05) is 18.4 Å². The second-order valence-electron chi connectivity index (χ2n) is 6.92. The maximum Gasteiger partial charge on any atom is 0.235 e. The first-order valence-electron chi connectivity index (χ1n) is 9.27. The highest BCUT2D eigenvalue weighted by atomic mass is 16.2. The molecule has 0 unspecified atom stereocenters. The summed E-state index contributed by atoms with van der Waals surface area (Å²) in [5, 5.41) is 3.17. The van der Waals surface area contributed by atoms with Gasteiger partial charge in [-0.1, -0.05) is 55.5 Å². The SMILES string of the molecule is CCc1ccccc1NC(=O)C1(c2ccccc2)CCN(C(C)=O)CC1. The maximum atomic E-state index is 13.4. The Labute approximate surface area is 155 Å². The van der Waals surface area contributed by atoms with Gasteiger partial charge in [0.05, 0.1) is 5.41 Å². The number of anilines is 1. The van der Waals surface area contributed by atoms with E-state index in [2.05, 4.69) is 12.2 Å². The van der Waals surface area contributed by atoms with E-state index in [4.69, 9.17) is 0 Å². The molecule has 0 atom stereocenters. The molecule has 1 heterocycles. The highest BCUT2D eigenvalue weighted by Gasteiger charge is 2.43. The van der Waals surface area contributed by atoms with Crippen LogP contribution in [-0.4, -0.2) is 29.8 Å². The van der Waals surface area contributed by atoms with Gasteiger partial charge in [-0.15, -0.1) is 0 Å². The summed E-state index contributed by atoms with van der Waals surface area (Å²) in [4.78, 5) is 27.0. The lowest BCUT2D eigenvalue weighted by Crippen LogP contribution is -2.50. The number of carbonyl (C=O) groups excluding carboxylic acids is 2. The van der Waals surface area contributed by atoms with Gasteiger partial charge in [0.2, 0.25) is 11.8 Å². The van der Waals surface area contributed by atoms with Crippen molar-refractivity contribution in [2.45, 2.75) is 38.5 Å². The molecule has 1 aliphatic rings. The molecule has 136 valence electrons. The average molecular weight is 350 g/mol.